The maximum atomic E-state index is 2.38. The van der Waals surface area contributed by atoms with Crippen LogP contribution in [0.3, 0.4) is 0 Å². The van der Waals surface area contributed by atoms with Crippen molar-refractivity contribution in [3.8, 4) is 0 Å². The first-order chi connectivity index (χ1) is 25.2. The van der Waals surface area contributed by atoms with Crippen LogP contribution in [0.2, 0.25) is 36.3 Å². The molecule has 0 bridgehead atoms. The molecule has 6 rings (SSSR count). The molecule has 6 aromatic rings. The molecule has 260 valence electrons. The molecule has 0 unspecified atom stereocenters. The SMILES string of the molecule is c1ccc(CC[Si](CCc2ccccc2)(CCc2ccccc2)[Cr][Si](CCc2ccccc2)(CCc2ccccc2)CCc2ccccc2)cc1. The van der Waals surface area contributed by atoms with Crippen LogP contribution in [0.4, 0.5) is 0 Å². The van der Waals surface area contributed by atoms with Crippen molar-refractivity contribution in [2.45, 2.75) is 74.8 Å². The van der Waals surface area contributed by atoms with Crippen molar-refractivity contribution in [1.82, 2.24) is 0 Å². The Hall–Kier alpha value is -3.71. The summed E-state index contributed by atoms with van der Waals surface area (Å²) in [5.41, 5.74) is 9.14. The molecule has 0 aliphatic rings. The van der Waals surface area contributed by atoms with E-state index in [1.807, 2.05) is 0 Å². The van der Waals surface area contributed by atoms with Gasteiger partial charge in [-0.05, 0) is 0 Å². The zero-order valence-corrected chi connectivity index (χ0v) is 33.5. The maximum absolute atomic E-state index is 2.38. The number of hydrogen-bond donors (Lipinski definition) is 0. The summed E-state index contributed by atoms with van der Waals surface area (Å²) < 4.78 is 0. The van der Waals surface area contributed by atoms with Crippen LogP contribution in [0.25, 0.3) is 0 Å². The normalized spacial score (nSPS) is 11.8. The molecule has 51 heavy (non-hydrogen) atoms. The number of hydrogen-bond acceptors (Lipinski definition) is 0. The molecule has 0 fully saturated rings. The van der Waals surface area contributed by atoms with Gasteiger partial charge in [-0.15, -0.1) is 0 Å². The van der Waals surface area contributed by atoms with Crippen LogP contribution in [0.5, 0.6) is 0 Å². The van der Waals surface area contributed by atoms with E-state index in [0.717, 1.165) is 0 Å². The van der Waals surface area contributed by atoms with E-state index in [-0.39, 0.29) is 0 Å². The first-order valence-electron chi connectivity index (χ1n) is 19.1. The van der Waals surface area contributed by atoms with Crippen LogP contribution in [-0.2, 0) is 52.5 Å². The Labute approximate surface area is 315 Å². The molecular formula is C48H54CrSi2. The first-order valence-corrected chi connectivity index (χ1v) is 28.0. The van der Waals surface area contributed by atoms with E-state index < -0.39 is 13.3 Å². The van der Waals surface area contributed by atoms with E-state index in [9.17, 15) is 0 Å². The van der Waals surface area contributed by atoms with E-state index in [0.29, 0.717) is 13.9 Å². The molecular weight excluding hydrogens is 685 g/mol. The molecule has 0 amide bonds. The minimum atomic E-state index is -1.77. The number of rotatable bonds is 20. The summed E-state index contributed by atoms with van der Waals surface area (Å²) in [6, 6.07) is 77.1. The van der Waals surface area contributed by atoms with Gasteiger partial charge in [-0.25, -0.2) is 0 Å². The summed E-state index contributed by atoms with van der Waals surface area (Å²) in [7, 11) is 0. The summed E-state index contributed by atoms with van der Waals surface area (Å²) >= 11 is 0.663. The van der Waals surface area contributed by atoms with Crippen molar-refractivity contribution in [3.05, 3.63) is 215 Å². The van der Waals surface area contributed by atoms with Gasteiger partial charge in [-0.2, -0.15) is 0 Å². The summed E-state index contributed by atoms with van der Waals surface area (Å²) in [6.45, 7) is -3.54. The van der Waals surface area contributed by atoms with Crippen molar-refractivity contribution in [3.63, 3.8) is 0 Å². The zero-order chi connectivity index (χ0) is 34.9. The average molecular weight is 739 g/mol. The Bertz CT molecular complexity index is 1450. The second-order valence-electron chi connectivity index (χ2n) is 14.4. The van der Waals surface area contributed by atoms with E-state index in [2.05, 4.69) is 182 Å². The first kappa shape index (κ1) is 37.1. The van der Waals surface area contributed by atoms with Gasteiger partial charge in [-0.3, -0.25) is 0 Å². The minimum absolute atomic E-state index is 0.663. The monoisotopic (exact) mass is 738 g/mol. The van der Waals surface area contributed by atoms with Crippen molar-refractivity contribution in [2.75, 3.05) is 0 Å². The van der Waals surface area contributed by atoms with Crippen LogP contribution < -0.4 is 0 Å². The van der Waals surface area contributed by atoms with Gasteiger partial charge in [0.2, 0.25) is 0 Å². The summed E-state index contributed by atoms with van der Waals surface area (Å²) in [5.74, 6) is 0. The van der Waals surface area contributed by atoms with Gasteiger partial charge in [-0.1, -0.05) is 0 Å². The Morgan fingerprint density at radius 3 is 0.549 bits per heavy atom. The average Bonchev–Trinajstić information content (AvgIpc) is 3.21. The molecule has 0 saturated carbocycles. The molecule has 3 heteroatoms. The van der Waals surface area contributed by atoms with Crippen LogP contribution in [-0.4, -0.2) is 13.3 Å². The van der Waals surface area contributed by atoms with Crippen molar-refractivity contribution >= 4 is 13.3 Å². The third-order valence-corrected chi connectivity index (χ3v) is 39.0. The molecule has 0 aromatic heterocycles. The van der Waals surface area contributed by atoms with Gasteiger partial charge < -0.3 is 0 Å². The van der Waals surface area contributed by atoms with Gasteiger partial charge in [0.05, 0.1) is 0 Å². The second-order valence-corrected chi connectivity index (χ2v) is 33.9. The van der Waals surface area contributed by atoms with Crippen molar-refractivity contribution in [2.24, 2.45) is 0 Å². The Kier molecular flexibility index (Phi) is 14.4. The molecule has 0 N–H and O–H groups in total. The Morgan fingerprint density at radius 1 is 0.235 bits per heavy atom. The molecule has 0 saturated heterocycles. The molecule has 0 heterocycles. The zero-order valence-electron chi connectivity index (χ0n) is 30.2. The van der Waals surface area contributed by atoms with Crippen molar-refractivity contribution in [1.29, 1.82) is 0 Å². The molecule has 0 atom stereocenters. The second kappa shape index (κ2) is 19.8. The molecule has 0 spiro atoms. The molecule has 0 radical (unpaired) electrons. The summed E-state index contributed by atoms with van der Waals surface area (Å²) in [4.78, 5) is 0. The Balaban J connectivity index is 1.41. The quantitative estimate of drug-likeness (QED) is 0.0684. The summed E-state index contributed by atoms with van der Waals surface area (Å²) in [6.07, 6.45) is 7.33. The summed E-state index contributed by atoms with van der Waals surface area (Å²) in [5, 5.41) is 0. The third kappa shape index (κ3) is 12.2. The number of aryl methyl sites for hydroxylation is 6. The van der Waals surface area contributed by atoms with Crippen LogP contribution in [0.1, 0.15) is 33.4 Å². The predicted molar refractivity (Wildman–Crippen MR) is 221 cm³/mol. The predicted octanol–water partition coefficient (Wildman–Crippen LogP) is 12.4. The van der Waals surface area contributed by atoms with Crippen LogP contribution in [0.15, 0.2) is 182 Å². The van der Waals surface area contributed by atoms with Gasteiger partial charge in [0.15, 0.2) is 0 Å². The van der Waals surface area contributed by atoms with Gasteiger partial charge >= 0.3 is 317 Å². The van der Waals surface area contributed by atoms with Gasteiger partial charge in [0, 0.05) is 0 Å². The van der Waals surface area contributed by atoms with E-state index in [4.69, 9.17) is 0 Å². The molecule has 0 nitrogen and oxygen atoms in total. The van der Waals surface area contributed by atoms with Crippen molar-refractivity contribution < 1.29 is 13.9 Å². The molecule has 0 aliphatic carbocycles. The van der Waals surface area contributed by atoms with E-state index >= 15 is 0 Å². The fourth-order valence-electron chi connectivity index (χ4n) is 7.62. The van der Waals surface area contributed by atoms with Gasteiger partial charge in [0.25, 0.3) is 0 Å². The van der Waals surface area contributed by atoms with E-state index in [1.54, 1.807) is 0 Å². The molecule has 0 aliphatic heterocycles. The van der Waals surface area contributed by atoms with Gasteiger partial charge in [0.1, 0.15) is 0 Å². The molecule has 6 aromatic carbocycles. The topological polar surface area (TPSA) is 0 Å². The fourth-order valence-corrected chi connectivity index (χ4v) is 44.1. The Morgan fingerprint density at radius 2 is 0.392 bits per heavy atom. The van der Waals surface area contributed by atoms with E-state index in [1.165, 1.54) is 108 Å². The number of benzene rings is 6. The fraction of sp³-hybridized carbons (Fsp3) is 0.250. The van der Waals surface area contributed by atoms with Crippen LogP contribution >= 0.6 is 0 Å². The van der Waals surface area contributed by atoms with Crippen LogP contribution in [0, 0.1) is 0 Å². The third-order valence-electron chi connectivity index (χ3n) is 10.7. The standard InChI is InChI=1S/2C24H27Si.Cr/c2*1-4-10-22(11-5-1)16-19-25(20-17-23-12-6-2-7-13-23)21-18-24-14-8-3-9-15-24;/h2*1-15H,16-21H2;.